The molecule has 0 saturated carbocycles. The largest absolute Gasteiger partial charge is 0.459 e. The molecule has 3 rings (SSSR count). The zero-order valence-corrected chi connectivity index (χ0v) is 18.0. The fraction of sp³-hybridized carbons (Fsp3) is 0.368. The van der Waals surface area contributed by atoms with Crippen LogP contribution in [0, 0.1) is 0 Å². The molecule has 10 nitrogen and oxygen atoms in total. The standard InChI is InChI=1S/C19H19ClN4O6S/c1-12(25)29-11-14-10-21-22-23(14)7-8-31-15-9-16(26)24(18(15)27)30-19(28)17(20)13-5-3-2-4-6-13/h2-6,10,15,17H,7-9,11H2,1H3. The Kier molecular flexibility index (Phi) is 7.64. The fourth-order valence-corrected chi connectivity index (χ4v) is 3.99. The summed E-state index contributed by atoms with van der Waals surface area (Å²) in [6.45, 7) is 1.73. The van der Waals surface area contributed by atoms with Crippen LogP contribution in [0.1, 0.15) is 30.0 Å². The lowest BCUT2D eigenvalue weighted by Gasteiger charge is -2.16. The Morgan fingerprint density at radius 3 is 2.74 bits per heavy atom. The van der Waals surface area contributed by atoms with Crippen LogP contribution in [0.5, 0.6) is 0 Å². The van der Waals surface area contributed by atoms with Crippen LogP contribution in [-0.2, 0) is 41.9 Å². The maximum atomic E-state index is 12.5. The van der Waals surface area contributed by atoms with Crippen LogP contribution in [0.3, 0.4) is 0 Å². The van der Waals surface area contributed by atoms with Crippen molar-refractivity contribution < 1.29 is 28.8 Å². The summed E-state index contributed by atoms with van der Waals surface area (Å²) in [7, 11) is 0. The maximum absolute atomic E-state index is 12.5. The number of hydrogen-bond donors (Lipinski definition) is 0. The van der Waals surface area contributed by atoms with Crippen molar-refractivity contribution in [1.82, 2.24) is 20.1 Å². The van der Waals surface area contributed by atoms with E-state index in [1.165, 1.54) is 24.9 Å². The Bertz CT molecular complexity index is 969. The Morgan fingerprint density at radius 1 is 1.29 bits per heavy atom. The molecule has 2 aromatic rings. The molecular weight excluding hydrogens is 448 g/mol. The van der Waals surface area contributed by atoms with Crippen LogP contribution in [0.2, 0.25) is 0 Å². The zero-order valence-electron chi connectivity index (χ0n) is 16.5. The summed E-state index contributed by atoms with van der Waals surface area (Å²) < 4.78 is 6.48. The van der Waals surface area contributed by atoms with Crippen molar-refractivity contribution in [3.63, 3.8) is 0 Å². The highest BCUT2D eigenvalue weighted by atomic mass is 35.5. The van der Waals surface area contributed by atoms with Gasteiger partial charge >= 0.3 is 11.9 Å². The number of esters is 1. The summed E-state index contributed by atoms with van der Waals surface area (Å²) in [5.41, 5.74) is 1.10. The van der Waals surface area contributed by atoms with Crippen molar-refractivity contribution in [2.45, 2.75) is 37.1 Å². The summed E-state index contributed by atoms with van der Waals surface area (Å²) >= 11 is 7.32. The van der Waals surface area contributed by atoms with E-state index in [4.69, 9.17) is 21.2 Å². The van der Waals surface area contributed by atoms with Gasteiger partial charge in [0.1, 0.15) is 6.61 Å². The average molecular weight is 467 g/mol. The maximum Gasteiger partial charge on any atom is 0.355 e. The smallest absolute Gasteiger partial charge is 0.355 e. The molecule has 2 amide bonds. The number of halogens is 1. The average Bonchev–Trinajstić information content (AvgIpc) is 3.31. The molecule has 0 spiro atoms. The number of carbonyl (C=O) groups is 4. The Labute approximate surface area is 186 Å². The van der Waals surface area contributed by atoms with Gasteiger partial charge in [-0.1, -0.05) is 35.5 Å². The van der Waals surface area contributed by atoms with Crippen molar-refractivity contribution in [3.05, 3.63) is 47.8 Å². The van der Waals surface area contributed by atoms with Crippen LogP contribution in [0.4, 0.5) is 0 Å². The highest BCUT2D eigenvalue weighted by Gasteiger charge is 2.42. The number of nitrogens with zero attached hydrogens (tertiary/aromatic N) is 4. The highest BCUT2D eigenvalue weighted by molar-refractivity contribution is 8.00. The second kappa shape index (κ2) is 10.4. The van der Waals surface area contributed by atoms with Crippen molar-refractivity contribution in [1.29, 1.82) is 0 Å². The van der Waals surface area contributed by atoms with Crippen molar-refractivity contribution >= 4 is 47.1 Å². The molecule has 1 fully saturated rings. The monoisotopic (exact) mass is 466 g/mol. The number of amides is 2. The van der Waals surface area contributed by atoms with Crippen molar-refractivity contribution in [3.8, 4) is 0 Å². The van der Waals surface area contributed by atoms with Crippen LogP contribution < -0.4 is 0 Å². The summed E-state index contributed by atoms with van der Waals surface area (Å²) in [5, 5.41) is 6.34. The lowest BCUT2D eigenvalue weighted by Crippen LogP contribution is -2.35. The fourth-order valence-electron chi connectivity index (χ4n) is 2.74. The van der Waals surface area contributed by atoms with Gasteiger partial charge in [-0.25, -0.2) is 9.48 Å². The van der Waals surface area contributed by atoms with Gasteiger partial charge in [0.2, 0.25) is 0 Å². The van der Waals surface area contributed by atoms with E-state index in [0.29, 0.717) is 28.6 Å². The molecule has 2 heterocycles. The number of benzene rings is 1. The molecule has 12 heteroatoms. The van der Waals surface area contributed by atoms with Crippen LogP contribution >= 0.6 is 23.4 Å². The summed E-state index contributed by atoms with van der Waals surface area (Å²) in [6.07, 6.45) is 1.39. The van der Waals surface area contributed by atoms with E-state index in [9.17, 15) is 19.2 Å². The van der Waals surface area contributed by atoms with E-state index in [1.54, 1.807) is 35.0 Å². The lowest BCUT2D eigenvalue weighted by atomic mass is 10.1. The first-order valence-electron chi connectivity index (χ1n) is 9.26. The van der Waals surface area contributed by atoms with Gasteiger partial charge < -0.3 is 9.57 Å². The van der Waals surface area contributed by atoms with Gasteiger partial charge in [-0.05, 0) is 5.56 Å². The van der Waals surface area contributed by atoms with E-state index in [0.717, 1.165) is 0 Å². The first kappa shape index (κ1) is 22.8. The van der Waals surface area contributed by atoms with Gasteiger partial charge in [0, 0.05) is 12.7 Å². The Balaban J connectivity index is 1.51. The number of hydrogen-bond acceptors (Lipinski definition) is 9. The van der Waals surface area contributed by atoms with Crippen molar-refractivity contribution in [2.24, 2.45) is 0 Å². The van der Waals surface area contributed by atoms with Gasteiger partial charge in [0.15, 0.2) is 5.38 Å². The highest BCUT2D eigenvalue weighted by Crippen LogP contribution is 2.28. The summed E-state index contributed by atoms with van der Waals surface area (Å²) in [5.74, 6) is -2.11. The minimum absolute atomic E-state index is 0.0403. The molecule has 2 atom stereocenters. The second-order valence-corrected chi connectivity index (χ2v) is 8.25. The van der Waals surface area contributed by atoms with E-state index in [1.807, 2.05) is 0 Å². The predicted molar refractivity (Wildman–Crippen MR) is 109 cm³/mol. The van der Waals surface area contributed by atoms with E-state index < -0.39 is 34.4 Å². The molecule has 1 aliphatic rings. The first-order chi connectivity index (χ1) is 14.9. The number of aryl methyl sites for hydroxylation is 1. The third-order valence-corrected chi connectivity index (χ3v) is 5.91. The number of thioether (sulfide) groups is 1. The molecule has 0 N–H and O–H groups in total. The quantitative estimate of drug-likeness (QED) is 0.308. The van der Waals surface area contributed by atoms with Crippen molar-refractivity contribution in [2.75, 3.05) is 5.75 Å². The normalized spacial score (nSPS) is 17.0. The third kappa shape index (κ3) is 5.82. The molecule has 1 aromatic carbocycles. The number of hydroxylamine groups is 2. The first-order valence-corrected chi connectivity index (χ1v) is 10.7. The summed E-state index contributed by atoms with van der Waals surface area (Å²) in [6, 6.07) is 8.48. The molecule has 0 bridgehead atoms. The van der Waals surface area contributed by atoms with E-state index >= 15 is 0 Å². The molecule has 31 heavy (non-hydrogen) atoms. The SMILES string of the molecule is CC(=O)OCc1cnnn1CCSC1CC(=O)N(OC(=O)C(Cl)c2ccccc2)C1=O. The van der Waals surface area contributed by atoms with Crippen LogP contribution in [-0.4, -0.2) is 54.8 Å². The number of rotatable bonds is 9. The van der Waals surface area contributed by atoms with Gasteiger partial charge in [-0.2, -0.15) is 0 Å². The number of ether oxygens (including phenoxy) is 1. The predicted octanol–water partition coefficient (Wildman–Crippen LogP) is 1.64. The molecule has 164 valence electrons. The molecule has 1 aliphatic heterocycles. The van der Waals surface area contributed by atoms with E-state index in [-0.39, 0.29) is 13.0 Å². The number of carbonyl (C=O) groups excluding carboxylic acids is 4. The van der Waals surface area contributed by atoms with Crippen LogP contribution in [0.25, 0.3) is 0 Å². The van der Waals surface area contributed by atoms with E-state index in [2.05, 4.69) is 10.3 Å². The Hall–Kier alpha value is -2.92. The zero-order chi connectivity index (χ0) is 22.4. The molecule has 0 radical (unpaired) electrons. The number of aromatic nitrogens is 3. The molecule has 0 aliphatic carbocycles. The Morgan fingerprint density at radius 2 is 2.03 bits per heavy atom. The topological polar surface area (TPSA) is 121 Å². The molecule has 1 saturated heterocycles. The minimum Gasteiger partial charge on any atom is -0.459 e. The molecular formula is C19H19ClN4O6S. The van der Waals surface area contributed by atoms with Crippen LogP contribution in [0.15, 0.2) is 36.5 Å². The second-order valence-electron chi connectivity index (χ2n) is 6.50. The third-order valence-electron chi connectivity index (χ3n) is 4.29. The molecule has 2 unspecified atom stereocenters. The summed E-state index contributed by atoms with van der Waals surface area (Å²) in [4.78, 5) is 52.9. The van der Waals surface area contributed by atoms with Gasteiger partial charge in [0.05, 0.1) is 30.1 Å². The number of alkyl halides is 1. The minimum atomic E-state index is -1.14. The lowest BCUT2D eigenvalue weighted by molar-refractivity contribution is -0.197. The number of imide groups is 1. The molecule has 1 aromatic heterocycles. The van der Waals surface area contributed by atoms with Gasteiger partial charge in [-0.15, -0.1) is 33.5 Å². The van der Waals surface area contributed by atoms with Gasteiger partial charge in [-0.3, -0.25) is 14.4 Å². The van der Waals surface area contributed by atoms with Gasteiger partial charge in [0.25, 0.3) is 11.8 Å².